The predicted octanol–water partition coefficient (Wildman–Crippen LogP) is 0.947. The summed E-state index contributed by atoms with van der Waals surface area (Å²) in [4.78, 5) is 21.7. The molecule has 0 spiro atoms. The van der Waals surface area contributed by atoms with Crippen molar-refractivity contribution in [3.8, 4) is 0 Å². The Labute approximate surface area is 71.8 Å². The number of carbonyl (C=O) groups excluding carboxylic acids is 2. The van der Waals surface area contributed by atoms with Gasteiger partial charge in [0.2, 0.25) is 3.79 Å². The van der Waals surface area contributed by atoms with Gasteiger partial charge in [-0.15, -0.1) is 0 Å². The van der Waals surface area contributed by atoms with E-state index < -0.39 is 5.41 Å². The third-order valence-corrected chi connectivity index (χ3v) is 2.76. The molecule has 0 aromatic rings. The highest BCUT2D eigenvalue weighted by atomic mass is 127. The van der Waals surface area contributed by atoms with E-state index in [0.29, 0.717) is 12.8 Å². The van der Waals surface area contributed by atoms with Crippen LogP contribution in [0.15, 0.2) is 0 Å². The summed E-state index contributed by atoms with van der Waals surface area (Å²) in [5, 5.41) is 6.67. The zero-order valence-electron chi connectivity index (χ0n) is 5.19. The zero-order chi connectivity index (χ0) is 7.78. The van der Waals surface area contributed by atoms with E-state index in [2.05, 4.69) is 0 Å². The normalized spacial score (nSPS) is 19.7. The van der Waals surface area contributed by atoms with Crippen LogP contribution in [0.5, 0.6) is 0 Å². The van der Waals surface area contributed by atoms with E-state index in [1.54, 1.807) is 22.6 Å². The summed E-state index contributed by atoms with van der Waals surface area (Å²) in [5.74, 6) is -0.341. The number of hydrogen-bond acceptors (Lipinski definition) is 3. The summed E-state index contributed by atoms with van der Waals surface area (Å²) in [5.41, 5.74) is -0.775. The fourth-order valence-corrected chi connectivity index (χ4v) is 1.61. The molecule has 10 heavy (non-hydrogen) atoms. The second-order valence-corrected chi connectivity index (χ2v) is 3.34. The van der Waals surface area contributed by atoms with Crippen molar-refractivity contribution < 1.29 is 9.59 Å². The van der Waals surface area contributed by atoms with Crippen molar-refractivity contribution in [2.75, 3.05) is 0 Å². The van der Waals surface area contributed by atoms with E-state index in [1.165, 1.54) is 0 Å². The van der Waals surface area contributed by atoms with Gasteiger partial charge in [-0.05, 0) is 12.8 Å². The average molecular weight is 251 g/mol. The molecule has 0 bridgehead atoms. The molecule has 0 atom stereocenters. The Balaban J connectivity index is 2.79. The smallest absolute Gasteiger partial charge is 0.206 e. The molecule has 0 unspecified atom stereocenters. The highest BCUT2D eigenvalue weighted by Crippen LogP contribution is 2.48. The number of halogens is 1. The molecule has 1 saturated carbocycles. The molecule has 1 aliphatic carbocycles. The predicted molar refractivity (Wildman–Crippen MR) is 44.5 cm³/mol. The molecule has 54 valence electrons. The Hall–Kier alpha value is -0.260. The summed E-state index contributed by atoms with van der Waals surface area (Å²) in [7, 11) is 0. The highest BCUT2D eigenvalue weighted by molar-refractivity contribution is 14.1. The molecule has 0 aromatic carbocycles. The fourth-order valence-electron chi connectivity index (χ4n) is 0.803. The van der Waals surface area contributed by atoms with Crippen molar-refractivity contribution in [3.05, 3.63) is 0 Å². The van der Waals surface area contributed by atoms with E-state index >= 15 is 0 Å². The third-order valence-electron chi connectivity index (χ3n) is 1.73. The third kappa shape index (κ3) is 1.00. The molecule has 4 heteroatoms. The second kappa shape index (κ2) is 2.41. The Morgan fingerprint density at radius 2 is 2.00 bits per heavy atom. The van der Waals surface area contributed by atoms with Crippen LogP contribution >= 0.6 is 22.6 Å². The van der Waals surface area contributed by atoms with Crippen molar-refractivity contribution in [2.45, 2.75) is 12.8 Å². The van der Waals surface area contributed by atoms with Crippen LogP contribution in [0.25, 0.3) is 0 Å². The highest BCUT2D eigenvalue weighted by Gasteiger charge is 2.53. The van der Waals surface area contributed by atoms with Gasteiger partial charge in [0.1, 0.15) is 5.41 Å². The minimum atomic E-state index is -0.775. The van der Waals surface area contributed by atoms with Gasteiger partial charge >= 0.3 is 0 Å². The lowest BCUT2D eigenvalue weighted by atomic mass is 10.1. The fraction of sp³-hybridized carbons (Fsp3) is 0.500. The summed E-state index contributed by atoms with van der Waals surface area (Å²) < 4.78 is -0.126. The van der Waals surface area contributed by atoms with E-state index in [4.69, 9.17) is 5.41 Å². The number of nitrogens with one attached hydrogen (secondary N) is 1. The van der Waals surface area contributed by atoms with Crippen molar-refractivity contribution in [3.63, 3.8) is 0 Å². The van der Waals surface area contributed by atoms with E-state index in [-0.39, 0.29) is 9.57 Å². The maximum atomic E-state index is 10.9. The lowest BCUT2D eigenvalue weighted by Crippen LogP contribution is -2.22. The van der Waals surface area contributed by atoms with Gasteiger partial charge in [-0.1, -0.05) is 0 Å². The van der Waals surface area contributed by atoms with Crippen molar-refractivity contribution in [2.24, 2.45) is 5.41 Å². The second-order valence-electron chi connectivity index (χ2n) is 2.36. The van der Waals surface area contributed by atoms with E-state index in [9.17, 15) is 9.59 Å². The van der Waals surface area contributed by atoms with Crippen LogP contribution in [0.4, 0.5) is 0 Å². The molecule has 0 heterocycles. The summed E-state index contributed by atoms with van der Waals surface area (Å²) >= 11 is 1.62. The lowest BCUT2D eigenvalue weighted by Gasteiger charge is -2.01. The van der Waals surface area contributed by atoms with E-state index in [0.717, 1.165) is 6.21 Å². The topological polar surface area (TPSA) is 58.0 Å². The first-order chi connectivity index (χ1) is 4.63. The molecule has 0 aromatic heterocycles. The summed E-state index contributed by atoms with van der Waals surface area (Å²) in [6.07, 6.45) is 2.00. The van der Waals surface area contributed by atoms with Crippen LogP contribution in [0.3, 0.4) is 0 Å². The maximum Gasteiger partial charge on any atom is 0.206 e. The van der Waals surface area contributed by atoms with Crippen LogP contribution in [0.1, 0.15) is 12.8 Å². The molecule has 1 aliphatic rings. The molecule has 1 N–H and O–H groups in total. The number of ketones is 1. The molecule has 0 radical (unpaired) electrons. The Kier molecular flexibility index (Phi) is 1.89. The minimum absolute atomic E-state index is 0.126. The van der Waals surface area contributed by atoms with Crippen LogP contribution in [-0.2, 0) is 9.59 Å². The number of carbonyl (C=O) groups is 2. The first-order valence-corrected chi connectivity index (χ1v) is 3.96. The molecular weight excluding hydrogens is 245 g/mol. The Morgan fingerprint density at radius 3 is 2.10 bits per heavy atom. The lowest BCUT2D eigenvalue weighted by molar-refractivity contribution is -0.124. The Morgan fingerprint density at radius 1 is 1.50 bits per heavy atom. The molecule has 0 saturated heterocycles. The average Bonchev–Trinajstić information content (AvgIpc) is 2.65. The van der Waals surface area contributed by atoms with Gasteiger partial charge in [0.25, 0.3) is 0 Å². The van der Waals surface area contributed by atoms with Gasteiger partial charge in [0, 0.05) is 22.6 Å². The molecule has 3 nitrogen and oxygen atoms in total. The SMILES string of the molecule is N=CC(=O)C1(C(=O)I)CC1. The van der Waals surface area contributed by atoms with Gasteiger partial charge in [0.15, 0.2) is 5.78 Å². The van der Waals surface area contributed by atoms with Crippen LogP contribution in [0, 0.1) is 10.8 Å². The first-order valence-electron chi connectivity index (χ1n) is 2.88. The van der Waals surface area contributed by atoms with E-state index in [1.807, 2.05) is 0 Å². The van der Waals surface area contributed by atoms with Crippen molar-refractivity contribution in [1.82, 2.24) is 0 Å². The number of hydrogen-bond donors (Lipinski definition) is 1. The van der Waals surface area contributed by atoms with Crippen LogP contribution in [0.2, 0.25) is 0 Å². The van der Waals surface area contributed by atoms with Crippen molar-refractivity contribution >= 4 is 38.4 Å². The summed E-state index contributed by atoms with van der Waals surface area (Å²) in [6.45, 7) is 0. The molecular formula is C6H6INO2. The van der Waals surface area contributed by atoms with Gasteiger partial charge in [0.05, 0.1) is 6.21 Å². The molecule has 1 rings (SSSR count). The quantitative estimate of drug-likeness (QED) is 0.351. The first kappa shape index (κ1) is 7.84. The zero-order valence-corrected chi connectivity index (χ0v) is 7.34. The largest absolute Gasteiger partial charge is 0.305 e. The molecule has 0 amide bonds. The van der Waals surface area contributed by atoms with Gasteiger partial charge in [-0.3, -0.25) is 9.59 Å². The molecule has 1 fully saturated rings. The van der Waals surface area contributed by atoms with Gasteiger partial charge < -0.3 is 5.41 Å². The van der Waals surface area contributed by atoms with Gasteiger partial charge in [-0.25, -0.2) is 0 Å². The maximum absolute atomic E-state index is 10.9. The molecule has 0 aliphatic heterocycles. The standard InChI is InChI=1S/C6H6INO2/c7-5(10)6(1-2-6)4(9)3-8/h3,8H,1-2H2. The monoisotopic (exact) mass is 251 g/mol. The minimum Gasteiger partial charge on any atom is -0.305 e. The van der Waals surface area contributed by atoms with Gasteiger partial charge in [-0.2, -0.15) is 0 Å². The number of Topliss-reactive ketones (excluding diaryl/α,β-unsaturated/α-hetero) is 1. The van der Waals surface area contributed by atoms with Crippen LogP contribution < -0.4 is 0 Å². The number of rotatable bonds is 3. The Bertz CT molecular complexity index is 208. The van der Waals surface area contributed by atoms with Crippen molar-refractivity contribution in [1.29, 1.82) is 5.41 Å². The summed E-state index contributed by atoms with van der Waals surface area (Å²) in [6, 6.07) is 0. The van der Waals surface area contributed by atoms with Crippen LogP contribution in [-0.4, -0.2) is 15.8 Å².